The Hall–Kier alpha value is -2.69. The second-order valence-corrected chi connectivity index (χ2v) is 7.06. The van der Waals surface area contributed by atoms with Crippen LogP contribution >= 0.6 is 0 Å². The van der Waals surface area contributed by atoms with E-state index in [4.69, 9.17) is 0 Å². The number of carbonyl (C=O) groups is 2. The average molecular weight is 368 g/mol. The first-order valence-corrected chi connectivity index (χ1v) is 9.43. The number of halogens is 1. The van der Waals surface area contributed by atoms with Crippen molar-refractivity contribution >= 4 is 11.8 Å². The molecule has 27 heavy (non-hydrogen) atoms. The molecule has 1 heterocycles. The molecule has 1 fully saturated rings. The van der Waals surface area contributed by atoms with Gasteiger partial charge in [0.05, 0.1) is 0 Å². The molecule has 4 nitrogen and oxygen atoms in total. The Balaban J connectivity index is 1.40. The van der Waals surface area contributed by atoms with E-state index < -0.39 is 0 Å². The largest absolute Gasteiger partial charge is 0.351 e. The molecule has 0 aliphatic carbocycles. The van der Waals surface area contributed by atoms with Crippen LogP contribution in [0.1, 0.15) is 30.4 Å². The van der Waals surface area contributed by atoms with E-state index >= 15 is 0 Å². The molecule has 2 amide bonds. The number of benzene rings is 2. The van der Waals surface area contributed by atoms with Crippen LogP contribution in [0.25, 0.3) is 0 Å². The van der Waals surface area contributed by atoms with Gasteiger partial charge in [-0.05, 0) is 36.8 Å². The van der Waals surface area contributed by atoms with Gasteiger partial charge in [-0.2, -0.15) is 0 Å². The smallest absolute Gasteiger partial charge is 0.232 e. The van der Waals surface area contributed by atoms with Crippen molar-refractivity contribution in [3.8, 4) is 0 Å². The van der Waals surface area contributed by atoms with Crippen molar-refractivity contribution in [2.24, 2.45) is 5.92 Å². The van der Waals surface area contributed by atoms with E-state index in [1.54, 1.807) is 23.1 Å². The summed E-state index contributed by atoms with van der Waals surface area (Å²) >= 11 is 0. The van der Waals surface area contributed by atoms with Gasteiger partial charge in [0.1, 0.15) is 12.2 Å². The molecule has 0 aromatic heterocycles. The van der Waals surface area contributed by atoms with E-state index in [0.29, 0.717) is 24.6 Å². The molecule has 0 bridgehead atoms. The van der Waals surface area contributed by atoms with Gasteiger partial charge in [0.25, 0.3) is 0 Å². The monoisotopic (exact) mass is 368 g/mol. The molecule has 142 valence electrons. The van der Waals surface area contributed by atoms with Crippen molar-refractivity contribution in [2.45, 2.75) is 32.2 Å². The van der Waals surface area contributed by atoms with E-state index in [1.165, 1.54) is 11.6 Å². The lowest BCUT2D eigenvalue weighted by Gasteiger charge is -2.32. The Labute approximate surface area is 159 Å². The SMILES string of the molecule is O=C(CC(=O)N1CCC(Cc2ccccc2)CC1)NCc1ccccc1F. The van der Waals surface area contributed by atoms with E-state index in [2.05, 4.69) is 17.4 Å². The van der Waals surface area contributed by atoms with E-state index in [9.17, 15) is 14.0 Å². The highest BCUT2D eigenvalue weighted by molar-refractivity contribution is 5.96. The van der Waals surface area contributed by atoms with Crippen molar-refractivity contribution in [1.29, 1.82) is 0 Å². The highest BCUT2D eigenvalue weighted by atomic mass is 19.1. The second kappa shape index (κ2) is 9.31. The number of hydrogen-bond acceptors (Lipinski definition) is 2. The average Bonchev–Trinajstić information content (AvgIpc) is 2.69. The van der Waals surface area contributed by atoms with Gasteiger partial charge in [0, 0.05) is 25.2 Å². The fourth-order valence-electron chi connectivity index (χ4n) is 3.48. The summed E-state index contributed by atoms with van der Waals surface area (Å²) in [4.78, 5) is 26.1. The molecule has 0 atom stereocenters. The van der Waals surface area contributed by atoms with Crippen molar-refractivity contribution in [2.75, 3.05) is 13.1 Å². The van der Waals surface area contributed by atoms with Crippen LogP contribution in [0.3, 0.4) is 0 Å². The van der Waals surface area contributed by atoms with Crippen LogP contribution in [0, 0.1) is 11.7 Å². The summed E-state index contributed by atoms with van der Waals surface area (Å²) in [5.41, 5.74) is 1.75. The molecule has 3 rings (SSSR count). The Morgan fingerprint density at radius 1 is 1.00 bits per heavy atom. The molecule has 1 aliphatic heterocycles. The zero-order valence-corrected chi connectivity index (χ0v) is 15.4. The van der Waals surface area contributed by atoms with Crippen LogP contribution in [0.2, 0.25) is 0 Å². The number of likely N-dealkylation sites (tertiary alicyclic amines) is 1. The van der Waals surface area contributed by atoms with E-state index in [0.717, 1.165) is 19.3 Å². The van der Waals surface area contributed by atoms with Gasteiger partial charge < -0.3 is 10.2 Å². The fraction of sp³-hybridized carbons (Fsp3) is 0.364. The van der Waals surface area contributed by atoms with Gasteiger partial charge in [-0.3, -0.25) is 9.59 Å². The molecular formula is C22H25FN2O2. The molecule has 0 saturated carbocycles. The normalized spacial score (nSPS) is 14.8. The number of nitrogens with one attached hydrogen (secondary N) is 1. The zero-order valence-electron chi connectivity index (χ0n) is 15.4. The maximum absolute atomic E-state index is 13.6. The molecule has 5 heteroatoms. The Bertz CT molecular complexity index is 771. The van der Waals surface area contributed by atoms with Gasteiger partial charge in [-0.1, -0.05) is 48.5 Å². The fourth-order valence-corrected chi connectivity index (χ4v) is 3.48. The minimum absolute atomic E-state index is 0.0952. The molecule has 2 aromatic carbocycles. The van der Waals surface area contributed by atoms with Gasteiger partial charge in [-0.15, -0.1) is 0 Å². The number of amides is 2. The third-order valence-electron chi connectivity index (χ3n) is 5.08. The lowest BCUT2D eigenvalue weighted by molar-refractivity contribution is -0.137. The van der Waals surface area contributed by atoms with Crippen molar-refractivity contribution in [1.82, 2.24) is 10.2 Å². The molecule has 0 radical (unpaired) electrons. The lowest BCUT2D eigenvalue weighted by Crippen LogP contribution is -2.41. The summed E-state index contributed by atoms with van der Waals surface area (Å²) in [6, 6.07) is 16.7. The molecule has 1 saturated heterocycles. The first kappa shape index (κ1) is 19.1. The van der Waals surface area contributed by atoms with Crippen molar-refractivity contribution < 1.29 is 14.0 Å². The van der Waals surface area contributed by atoms with Crippen LogP contribution in [0.15, 0.2) is 54.6 Å². The molecule has 0 unspecified atom stereocenters. The van der Waals surface area contributed by atoms with E-state index in [-0.39, 0.29) is 30.6 Å². The van der Waals surface area contributed by atoms with Crippen molar-refractivity contribution in [3.05, 3.63) is 71.5 Å². The second-order valence-electron chi connectivity index (χ2n) is 7.06. The third-order valence-corrected chi connectivity index (χ3v) is 5.08. The van der Waals surface area contributed by atoms with E-state index in [1.807, 2.05) is 18.2 Å². The minimum atomic E-state index is -0.366. The third kappa shape index (κ3) is 5.64. The summed E-state index contributed by atoms with van der Waals surface area (Å²) in [6.45, 7) is 1.48. The zero-order chi connectivity index (χ0) is 19.1. The predicted octanol–water partition coefficient (Wildman–Crippen LogP) is 3.31. The van der Waals surface area contributed by atoms with Gasteiger partial charge in [0.2, 0.25) is 11.8 Å². The predicted molar refractivity (Wildman–Crippen MR) is 102 cm³/mol. The number of carbonyl (C=O) groups excluding carboxylic acids is 2. The number of nitrogens with zero attached hydrogens (tertiary/aromatic N) is 1. The lowest BCUT2D eigenvalue weighted by atomic mass is 9.90. The van der Waals surface area contributed by atoms with Crippen LogP contribution in [-0.4, -0.2) is 29.8 Å². The standard InChI is InChI=1S/C22H25FN2O2/c23-20-9-5-4-8-19(20)16-24-21(26)15-22(27)25-12-10-18(11-13-25)14-17-6-2-1-3-7-17/h1-9,18H,10-16H2,(H,24,26). The highest BCUT2D eigenvalue weighted by Crippen LogP contribution is 2.22. The quantitative estimate of drug-likeness (QED) is 0.796. The van der Waals surface area contributed by atoms with Gasteiger partial charge >= 0.3 is 0 Å². The van der Waals surface area contributed by atoms with Gasteiger partial charge in [-0.25, -0.2) is 4.39 Å². The summed E-state index contributed by atoms with van der Waals surface area (Å²) < 4.78 is 13.6. The summed E-state index contributed by atoms with van der Waals surface area (Å²) in [7, 11) is 0. The van der Waals surface area contributed by atoms with Crippen LogP contribution in [-0.2, 0) is 22.6 Å². The maximum Gasteiger partial charge on any atom is 0.232 e. The highest BCUT2D eigenvalue weighted by Gasteiger charge is 2.24. The summed E-state index contributed by atoms with van der Waals surface area (Å²) in [5, 5.41) is 2.62. The topological polar surface area (TPSA) is 49.4 Å². The summed E-state index contributed by atoms with van der Waals surface area (Å²) in [5.74, 6) is -0.301. The van der Waals surface area contributed by atoms with Crippen LogP contribution < -0.4 is 5.32 Å². The first-order valence-electron chi connectivity index (χ1n) is 9.43. The first-order chi connectivity index (χ1) is 13.1. The molecule has 1 aliphatic rings. The Kier molecular flexibility index (Phi) is 6.58. The molecule has 1 N–H and O–H groups in total. The number of rotatable bonds is 6. The van der Waals surface area contributed by atoms with Crippen LogP contribution in [0.4, 0.5) is 4.39 Å². The molecule has 2 aromatic rings. The maximum atomic E-state index is 13.6. The number of hydrogen-bond donors (Lipinski definition) is 1. The Morgan fingerprint density at radius 2 is 1.67 bits per heavy atom. The number of piperidine rings is 1. The molecular weight excluding hydrogens is 343 g/mol. The molecule has 0 spiro atoms. The van der Waals surface area contributed by atoms with Crippen molar-refractivity contribution in [3.63, 3.8) is 0 Å². The van der Waals surface area contributed by atoms with Crippen LogP contribution in [0.5, 0.6) is 0 Å². The minimum Gasteiger partial charge on any atom is -0.351 e. The Morgan fingerprint density at radius 3 is 2.37 bits per heavy atom. The van der Waals surface area contributed by atoms with Gasteiger partial charge in [0.15, 0.2) is 0 Å². The summed E-state index contributed by atoms with van der Waals surface area (Å²) in [6.07, 6.45) is 2.76.